The van der Waals surface area contributed by atoms with E-state index in [4.69, 9.17) is 28.4 Å². The minimum absolute atomic E-state index is 0. The molecule has 15 heteroatoms. The molecule has 3 aliphatic rings. The van der Waals surface area contributed by atoms with Crippen LogP contribution in [0.15, 0.2) is 0 Å². The summed E-state index contributed by atoms with van der Waals surface area (Å²) in [5, 5.41) is 58.1. The van der Waals surface area contributed by atoms with Crippen LogP contribution in [-0.2, 0) is 33.2 Å². The Morgan fingerprint density at radius 3 is 2.09 bits per heavy atom. The number of rotatable bonds is 7. The van der Waals surface area contributed by atoms with Crippen molar-refractivity contribution in [3.8, 4) is 0 Å². The van der Waals surface area contributed by atoms with E-state index in [1.54, 1.807) is 41.5 Å². The molecule has 53 heavy (non-hydrogen) atoms. The fraction of sp³-hybridized carbons (Fsp3) is 0.974. The number of likely N-dealkylation sites (N-methyl/N-ethyl adjacent to an activating group) is 2. The van der Waals surface area contributed by atoms with Crippen LogP contribution in [-0.4, -0.2) is 175 Å². The van der Waals surface area contributed by atoms with Crippen molar-refractivity contribution in [2.75, 3.05) is 34.8 Å². The van der Waals surface area contributed by atoms with Gasteiger partial charge in [-0.1, -0.05) is 20.8 Å². The van der Waals surface area contributed by atoms with Crippen LogP contribution in [0.3, 0.4) is 0 Å². The Hall–Kier alpha value is -0.945. The maximum Gasteiger partial charge on any atom is 0.311 e. The highest BCUT2D eigenvalue weighted by molar-refractivity contribution is 5.75. The summed E-state index contributed by atoms with van der Waals surface area (Å²) in [7, 11) is 7.12. The summed E-state index contributed by atoms with van der Waals surface area (Å²) in [6, 6.07) is -0.808. The Bertz CT molecular complexity index is 1150. The van der Waals surface area contributed by atoms with Crippen LogP contribution in [0.2, 0.25) is 0 Å². The number of aliphatic hydroxyl groups is 5. The molecule has 18 atom stereocenters. The molecule has 0 amide bonds. The van der Waals surface area contributed by atoms with E-state index in [0.717, 1.165) is 0 Å². The van der Waals surface area contributed by atoms with Crippen molar-refractivity contribution >= 4 is 14.4 Å². The van der Waals surface area contributed by atoms with Crippen molar-refractivity contribution in [1.82, 2.24) is 9.80 Å². The first-order valence-corrected chi connectivity index (χ1v) is 19.1. The highest BCUT2D eigenvalue weighted by Gasteiger charge is 2.52. The second-order valence-electron chi connectivity index (χ2n) is 17.2. The number of ether oxygens (including phenoxy) is 6. The summed E-state index contributed by atoms with van der Waals surface area (Å²) in [4.78, 5) is 18.0. The van der Waals surface area contributed by atoms with Crippen molar-refractivity contribution in [2.45, 2.75) is 185 Å². The lowest BCUT2D eigenvalue weighted by Crippen LogP contribution is -2.60. The Kier molecular flexibility index (Phi) is 17.3. The van der Waals surface area contributed by atoms with E-state index >= 15 is 0 Å². The zero-order valence-electron chi connectivity index (χ0n) is 34.8. The summed E-state index contributed by atoms with van der Waals surface area (Å²) in [6.07, 6.45) is -8.19. The van der Waals surface area contributed by atoms with Gasteiger partial charge in [0.15, 0.2) is 12.6 Å². The molecule has 0 bridgehead atoms. The molecule has 0 aromatic heterocycles. The van der Waals surface area contributed by atoms with E-state index in [2.05, 4.69) is 0 Å². The third-order valence-corrected chi connectivity index (χ3v) is 12.2. The largest absolute Gasteiger partial charge is 0.459 e. The molecule has 309 valence electrons. The number of nitrogens with zero attached hydrogens (tertiary/aromatic N) is 2. The smallest absolute Gasteiger partial charge is 0.311 e. The van der Waals surface area contributed by atoms with E-state index in [-0.39, 0.29) is 45.7 Å². The number of esters is 1. The van der Waals surface area contributed by atoms with Gasteiger partial charge < -0.3 is 63.8 Å². The number of aliphatic hydroxyl groups excluding tert-OH is 3. The third-order valence-electron chi connectivity index (χ3n) is 12.2. The molecule has 0 aliphatic carbocycles. The predicted octanol–water partition coefficient (Wildman–Crippen LogP) is 1.52. The molecule has 3 saturated heterocycles. The number of hydrogen-bond acceptors (Lipinski definition) is 14. The highest BCUT2D eigenvalue weighted by atomic mass is 16.7. The molecule has 0 aromatic carbocycles. The molecule has 3 rings (SSSR count). The molecule has 0 aromatic rings. The SMILES string of the molecule is CC[C@H]1OC(=O)[C@H](C)[C@@H](O[C@H]2C[C@@](C)(OC)[C@@H](O)[C@H](C)O2)[C@H](C)[C@@H](O[C@@H]2O[C@H](C)C[C@H](N(C)C)[C@H]2O)[C@](C)(O)C[C@@H](C)CN(C)[C@H](C)[C@@H](O)[C@]1(C)O.[B]. The molecule has 3 aliphatic heterocycles. The number of carbonyl (C=O) groups excluding carboxylic acids is 1. The molecule has 5 N–H and O–H groups in total. The standard InChI is InChI=1S/C38H72N2O12.B/c1-15-27-38(10,46)31(42)24(6)40(13)19-20(2)17-36(8,45)33(52-35-29(41)26(39(11)12)16-21(3)48-35)22(4)30(23(5)34(44)50-27)51-28-18-37(9,47-14)32(43)25(7)49-28;/h20-33,35,41-43,45-46H,15-19H2,1-14H3;/t20-,21-,22+,23-,24-,25+,26+,27-,28+,29-,30+,31-,32+,33-,35+,36-,37-,38-;/m1./s1. The summed E-state index contributed by atoms with van der Waals surface area (Å²) >= 11 is 0. The van der Waals surface area contributed by atoms with Gasteiger partial charge in [0.2, 0.25) is 0 Å². The van der Waals surface area contributed by atoms with Gasteiger partial charge in [-0.3, -0.25) is 4.79 Å². The fourth-order valence-electron chi connectivity index (χ4n) is 8.74. The first kappa shape index (κ1) is 48.2. The quantitative estimate of drug-likeness (QED) is 0.186. The molecule has 0 spiro atoms. The Morgan fingerprint density at radius 2 is 1.55 bits per heavy atom. The Balaban J connectivity index is 0.00000972. The lowest BCUT2D eigenvalue weighted by Gasteiger charge is -2.48. The topological polar surface area (TPSA) is 180 Å². The number of carbonyl (C=O) groups is 1. The zero-order chi connectivity index (χ0) is 39.7. The van der Waals surface area contributed by atoms with Crippen LogP contribution in [0, 0.1) is 17.8 Å². The van der Waals surface area contributed by atoms with Crippen LogP contribution in [0.5, 0.6) is 0 Å². The number of hydrogen-bond donors (Lipinski definition) is 5. The summed E-state index contributed by atoms with van der Waals surface area (Å²) < 4.78 is 37.5. The second kappa shape index (κ2) is 19.0. The van der Waals surface area contributed by atoms with E-state index < -0.39 is 96.0 Å². The first-order valence-electron chi connectivity index (χ1n) is 19.1. The van der Waals surface area contributed by atoms with Crippen LogP contribution >= 0.6 is 0 Å². The van der Waals surface area contributed by atoms with E-state index in [0.29, 0.717) is 13.0 Å². The van der Waals surface area contributed by atoms with Crippen molar-refractivity contribution in [3.63, 3.8) is 0 Å². The Labute approximate surface area is 320 Å². The molecular weight excluding hydrogens is 687 g/mol. The summed E-state index contributed by atoms with van der Waals surface area (Å²) in [5.74, 6) is -2.58. The average molecular weight is 760 g/mol. The lowest BCUT2D eigenvalue weighted by atomic mass is 9.77. The molecule has 3 heterocycles. The van der Waals surface area contributed by atoms with Crippen LogP contribution in [0.25, 0.3) is 0 Å². The van der Waals surface area contributed by atoms with E-state index in [9.17, 15) is 30.3 Å². The number of cyclic esters (lactones) is 1. The van der Waals surface area contributed by atoms with Gasteiger partial charge >= 0.3 is 5.97 Å². The van der Waals surface area contributed by atoms with Gasteiger partial charge in [-0.05, 0) is 94.8 Å². The van der Waals surface area contributed by atoms with Gasteiger partial charge in [0.05, 0.1) is 41.5 Å². The van der Waals surface area contributed by atoms with Gasteiger partial charge in [0.1, 0.15) is 30.0 Å². The van der Waals surface area contributed by atoms with Gasteiger partial charge in [-0.25, -0.2) is 0 Å². The predicted molar refractivity (Wildman–Crippen MR) is 200 cm³/mol. The van der Waals surface area contributed by atoms with E-state index in [1.807, 2.05) is 51.7 Å². The lowest BCUT2D eigenvalue weighted by molar-refractivity contribution is -0.318. The average Bonchev–Trinajstić information content (AvgIpc) is 3.05. The van der Waals surface area contributed by atoms with Crippen molar-refractivity contribution in [3.05, 3.63) is 0 Å². The maximum atomic E-state index is 14.2. The van der Waals surface area contributed by atoms with Crippen molar-refractivity contribution in [1.29, 1.82) is 0 Å². The highest BCUT2D eigenvalue weighted by Crippen LogP contribution is 2.40. The van der Waals surface area contributed by atoms with Crippen LogP contribution in [0.4, 0.5) is 0 Å². The monoisotopic (exact) mass is 760 g/mol. The molecule has 0 unspecified atom stereocenters. The number of methoxy groups -OCH3 is 1. The van der Waals surface area contributed by atoms with Crippen LogP contribution < -0.4 is 0 Å². The van der Waals surface area contributed by atoms with Gasteiger partial charge in [0.25, 0.3) is 0 Å². The van der Waals surface area contributed by atoms with Gasteiger partial charge in [-0.2, -0.15) is 0 Å². The summed E-state index contributed by atoms with van der Waals surface area (Å²) in [6.45, 7) is 18.0. The molecule has 3 fully saturated rings. The normalized spacial score (nSPS) is 48.7. The molecule has 3 radical (unpaired) electrons. The van der Waals surface area contributed by atoms with Crippen molar-refractivity contribution < 1.29 is 58.7 Å². The van der Waals surface area contributed by atoms with Gasteiger partial charge in [-0.15, -0.1) is 0 Å². The Morgan fingerprint density at radius 1 is 0.943 bits per heavy atom. The third kappa shape index (κ3) is 10.9. The van der Waals surface area contributed by atoms with Crippen LogP contribution in [0.1, 0.15) is 94.9 Å². The second-order valence-corrected chi connectivity index (χ2v) is 17.2. The summed E-state index contributed by atoms with van der Waals surface area (Å²) in [5.41, 5.74) is -4.37. The molecule has 0 saturated carbocycles. The van der Waals surface area contributed by atoms with Crippen molar-refractivity contribution in [2.24, 2.45) is 17.8 Å². The molecular formula is C38H72BN2O12. The molecule has 14 nitrogen and oxygen atoms in total. The maximum absolute atomic E-state index is 14.2. The minimum atomic E-state index is -1.80. The first-order chi connectivity index (χ1) is 23.9. The zero-order valence-corrected chi connectivity index (χ0v) is 34.8. The van der Waals surface area contributed by atoms with Gasteiger partial charge in [0, 0.05) is 46.5 Å². The fourth-order valence-corrected chi connectivity index (χ4v) is 8.74. The minimum Gasteiger partial charge on any atom is -0.459 e. The van der Waals surface area contributed by atoms with E-state index in [1.165, 1.54) is 14.0 Å².